The lowest BCUT2D eigenvalue weighted by Gasteiger charge is -2.27. The number of aliphatic hydroxyl groups is 1. The molecule has 0 saturated heterocycles. The van der Waals surface area contributed by atoms with Gasteiger partial charge in [0, 0.05) is 6.54 Å². The van der Waals surface area contributed by atoms with E-state index in [1.807, 2.05) is 30.3 Å². The first kappa shape index (κ1) is 23.4. The van der Waals surface area contributed by atoms with Crippen LogP contribution in [-0.4, -0.2) is 46.3 Å². The summed E-state index contributed by atoms with van der Waals surface area (Å²) in [5.74, 6) is -2.05. The molecule has 0 spiro atoms. The quantitative estimate of drug-likeness (QED) is 0.402. The lowest BCUT2D eigenvalue weighted by molar-refractivity contribution is -0.129. The highest BCUT2D eigenvalue weighted by atomic mass is 32.1. The van der Waals surface area contributed by atoms with E-state index in [9.17, 15) is 19.5 Å². The molecule has 1 N–H and O–H groups in total. The van der Waals surface area contributed by atoms with Crippen molar-refractivity contribution in [3.63, 3.8) is 0 Å². The molecule has 2 heterocycles. The predicted molar refractivity (Wildman–Crippen MR) is 128 cm³/mol. The van der Waals surface area contributed by atoms with Crippen LogP contribution in [0.1, 0.15) is 47.9 Å². The van der Waals surface area contributed by atoms with Crippen LogP contribution < -0.4 is 0 Å². The number of ketones is 1. The van der Waals surface area contributed by atoms with Crippen molar-refractivity contribution in [1.82, 2.24) is 9.88 Å². The summed E-state index contributed by atoms with van der Waals surface area (Å²) in [6.45, 7) is 3.84. The van der Waals surface area contributed by atoms with Gasteiger partial charge in [-0.3, -0.25) is 9.59 Å². The minimum Gasteiger partial charge on any atom is -0.503 e. The van der Waals surface area contributed by atoms with Gasteiger partial charge < -0.3 is 14.7 Å². The maximum absolute atomic E-state index is 13.6. The largest absolute Gasteiger partial charge is 0.503 e. The molecule has 2 aromatic carbocycles. The van der Waals surface area contributed by atoms with E-state index in [-0.39, 0.29) is 5.57 Å². The van der Waals surface area contributed by atoms with Gasteiger partial charge in [0.1, 0.15) is 0 Å². The molecule has 174 valence electrons. The molecule has 7 nitrogen and oxygen atoms in total. The van der Waals surface area contributed by atoms with Gasteiger partial charge in [0.15, 0.2) is 5.76 Å². The Hall–Kier alpha value is -3.78. The van der Waals surface area contributed by atoms with Crippen molar-refractivity contribution < 1.29 is 24.2 Å². The summed E-state index contributed by atoms with van der Waals surface area (Å²) < 4.78 is 4.76. The minimum absolute atomic E-state index is 0.0237. The summed E-state index contributed by atoms with van der Waals surface area (Å²) in [7, 11) is 1.30. The highest BCUT2D eigenvalue weighted by molar-refractivity contribution is 7.14. The van der Waals surface area contributed by atoms with Gasteiger partial charge in [0.05, 0.1) is 39.9 Å². The molecule has 1 aromatic heterocycles. The number of aliphatic hydroxyl groups excluding tert-OH is 1. The molecular formula is C26H24N2O5S. The number of carbonyl (C=O) groups is 3. The average Bonchev–Trinajstić information content (AvgIpc) is 3.32. The monoisotopic (exact) mass is 476 g/mol. The SMILES string of the molecule is COC(=O)c1ccc(C2C(C(=O)c3sc(C)nc3C)=C(O)C(=O)N2CCc2ccccc2)cc1. The summed E-state index contributed by atoms with van der Waals surface area (Å²) in [5.41, 5.74) is 2.57. The Bertz CT molecular complexity index is 1280. The molecule has 0 fully saturated rings. The Kier molecular flexibility index (Phi) is 6.61. The number of ether oxygens (including phenoxy) is 1. The molecule has 1 atom stereocenters. The van der Waals surface area contributed by atoms with Crippen LogP contribution in [-0.2, 0) is 16.0 Å². The van der Waals surface area contributed by atoms with Gasteiger partial charge in [-0.1, -0.05) is 42.5 Å². The van der Waals surface area contributed by atoms with Crippen molar-refractivity contribution in [3.8, 4) is 0 Å². The normalized spacial score (nSPS) is 15.7. The molecule has 1 aliphatic rings. The third kappa shape index (κ3) is 4.36. The predicted octanol–water partition coefficient (Wildman–Crippen LogP) is 4.37. The summed E-state index contributed by atoms with van der Waals surface area (Å²) in [6, 6.07) is 15.4. The highest BCUT2D eigenvalue weighted by Crippen LogP contribution is 2.40. The number of rotatable bonds is 7. The number of nitrogens with zero attached hydrogens (tertiary/aromatic N) is 2. The van der Waals surface area contributed by atoms with Crippen molar-refractivity contribution in [2.45, 2.75) is 26.3 Å². The number of Topliss-reactive ketones (excluding diaryl/α,β-unsaturated/α-hetero) is 1. The zero-order valence-electron chi connectivity index (χ0n) is 19.1. The Labute approximate surface area is 201 Å². The fourth-order valence-corrected chi connectivity index (χ4v) is 5.01. The smallest absolute Gasteiger partial charge is 0.337 e. The Morgan fingerprint density at radius 3 is 2.35 bits per heavy atom. The second kappa shape index (κ2) is 9.61. The van der Waals surface area contributed by atoms with Gasteiger partial charge >= 0.3 is 5.97 Å². The van der Waals surface area contributed by atoms with Crippen molar-refractivity contribution in [2.24, 2.45) is 0 Å². The first-order valence-electron chi connectivity index (χ1n) is 10.8. The molecule has 0 aliphatic carbocycles. The zero-order valence-corrected chi connectivity index (χ0v) is 19.9. The third-order valence-corrected chi connectivity index (χ3v) is 6.86. The van der Waals surface area contributed by atoms with E-state index in [2.05, 4.69) is 4.98 Å². The van der Waals surface area contributed by atoms with E-state index < -0.39 is 29.5 Å². The molecule has 3 aromatic rings. The molecule has 1 unspecified atom stereocenters. The van der Waals surface area contributed by atoms with E-state index in [0.29, 0.717) is 34.7 Å². The lowest BCUT2D eigenvalue weighted by atomic mass is 9.94. The van der Waals surface area contributed by atoms with Gasteiger partial charge in [-0.05, 0) is 43.5 Å². The Morgan fingerprint density at radius 2 is 1.76 bits per heavy atom. The summed E-state index contributed by atoms with van der Waals surface area (Å²) in [5, 5.41) is 11.6. The van der Waals surface area contributed by atoms with E-state index in [1.165, 1.54) is 23.3 Å². The van der Waals surface area contributed by atoms with Crippen LogP contribution in [0, 0.1) is 13.8 Å². The van der Waals surface area contributed by atoms with Crippen LogP contribution in [0.25, 0.3) is 0 Å². The summed E-state index contributed by atoms with van der Waals surface area (Å²) in [4.78, 5) is 44.8. The maximum atomic E-state index is 13.6. The van der Waals surface area contributed by atoms with E-state index in [1.54, 1.807) is 38.1 Å². The van der Waals surface area contributed by atoms with Gasteiger partial charge in [-0.2, -0.15) is 0 Å². The van der Waals surface area contributed by atoms with E-state index in [0.717, 1.165) is 10.6 Å². The van der Waals surface area contributed by atoms with Crippen LogP contribution in [0.3, 0.4) is 0 Å². The van der Waals surface area contributed by atoms with Gasteiger partial charge in [0.2, 0.25) is 5.78 Å². The topological polar surface area (TPSA) is 96.8 Å². The minimum atomic E-state index is -0.794. The number of hydrogen-bond donors (Lipinski definition) is 1. The van der Waals surface area contributed by atoms with Crippen LogP contribution >= 0.6 is 11.3 Å². The van der Waals surface area contributed by atoms with Crippen LogP contribution in [0.4, 0.5) is 0 Å². The number of benzene rings is 2. The second-order valence-corrected chi connectivity index (χ2v) is 9.19. The standard InChI is InChI=1S/C26H24N2O5S/c1-15-24(34-16(2)27-15)22(29)20-21(18-9-11-19(12-10-18)26(32)33-3)28(25(31)23(20)30)14-13-17-7-5-4-6-8-17/h4-12,21,30H,13-14H2,1-3H3. The average molecular weight is 477 g/mol. The number of thiazole rings is 1. The molecule has 1 amide bonds. The number of aryl methyl sites for hydroxylation is 2. The van der Waals surface area contributed by atoms with E-state index >= 15 is 0 Å². The zero-order chi connectivity index (χ0) is 24.4. The fraction of sp³-hybridized carbons (Fsp3) is 0.231. The highest BCUT2D eigenvalue weighted by Gasteiger charge is 2.44. The summed E-state index contributed by atoms with van der Waals surface area (Å²) in [6.07, 6.45) is 0.552. The second-order valence-electron chi connectivity index (χ2n) is 7.99. The molecule has 0 saturated carbocycles. The molecule has 4 rings (SSSR count). The number of methoxy groups -OCH3 is 1. The van der Waals surface area contributed by atoms with Gasteiger partial charge in [0.25, 0.3) is 5.91 Å². The number of carbonyl (C=O) groups excluding carboxylic acids is 3. The molecular weight excluding hydrogens is 452 g/mol. The summed E-state index contributed by atoms with van der Waals surface area (Å²) >= 11 is 1.23. The van der Waals surface area contributed by atoms with Crippen LogP contribution in [0.15, 0.2) is 65.9 Å². The van der Waals surface area contributed by atoms with Crippen molar-refractivity contribution >= 4 is 29.0 Å². The molecule has 0 radical (unpaired) electrons. The van der Waals surface area contributed by atoms with Crippen molar-refractivity contribution in [2.75, 3.05) is 13.7 Å². The van der Waals surface area contributed by atoms with Crippen molar-refractivity contribution in [3.05, 3.63) is 98.2 Å². The number of aromatic nitrogens is 1. The number of esters is 1. The first-order valence-corrected chi connectivity index (χ1v) is 11.6. The van der Waals surface area contributed by atoms with Gasteiger partial charge in [-0.15, -0.1) is 11.3 Å². The molecule has 0 bridgehead atoms. The number of amides is 1. The van der Waals surface area contributed by atoms with Crippen LogP contribution in [0.2, 0.25) is 0 Å². The Balaban J connectivity index is 1.74. The Morgan fingerprint density at radius 1 is 1.09 bits per heavy atom. The van der Waals surface area contributed by atoms with Crippen molar-refractivity contribution in [1.29, 1.82) is 0 Å². The van der Waals surface area contributed by atoms with Gasteiger partial charge in [-0.25, -0.2) is 9.78 Å². The lowest BCUT2D eigenvalue weighted by Crippen LogP contribution is -2.33. The van der Waals surface area contributed by atoms with E-state index in [4.69, 9.17) is 4.74 Å². The fourth-order valence-electron chi connectivity index (χ4n) is 4.14. The molecule has 1 aliphatic heterocycles. The maximum Gasteiger partial charge on any atom is 0.337 e. The molecule has 8 heteroatoms. The molecule has 34 heavy (non-hydrogen) atoms. The number of hydrogen-bond acceptors (Lipinski definition) is 7. The van der Waals surface area contributed by atoms with Crippen LogP contribution in [0.5, 0.6) is 0 Å². The third-order valence-electron chi connectivity index (χ3n) is 5.79. The first-order chi connectivity index (χ1) is 16.3.